The first-order valence-electron chi connectivity index (χ1n) is 6.82. The number of hydrogen-bond acceptors (Lipinski definition) is 6. The van der Waals surface area contributed by atoms with Crippen molar-refractivity contribution in [3.63, 3.8) is 0 Å². The average Bonchev–Trinajstić information content (AvgIpc) is 2.53. The first kappa shape index (κ1) is 13.7. The Morgan fingerprint density at radius 3 is 3.10 bits per heavy atom. The van der Waals surface area contributed by atoms with Crippen molar-refractivity contribution >= 4 is 22.3 Å². The molecule has 2 heterocycles. The molecule has 0 spiro atoms. The highest BCUT2D eigenvalue weighted by atomic mass is 16.6. The van der Waals surface area contributed by atoms with Crippen molar-refractivity contribution in [2.75, 3.05) is 31.1 Å². The van der Waals surface area contributed by atoms with Gasteiger partial charge in [-0.05, 0) is 24.3 Å². The second-order valence-electron chi connectivity index (χ2n) is 5.04. The van der Waals surface area contributed by atoms with Crippen molar-refractivity contribution in [1.82, 2.24) is 10.3 Å². The molecule has 1 fully saturated rings. The lowest BCUT2D eigenvalue weighted by molar-refractivity contribution is -0.382. The van der Waals surface area contributed by atoms with Crippen molar-refractivity contribution in [3.8, 4) is 0 Å². The van der Waals surface area contributed by atoms with Gasteiger partial charge in [0.1, 0.15) is 5.69 Å². The number of fused-ring (bicyclic) bond motifs is 1. The third kappa shape index (κ3) is 2.53. The molecular weight excluding hydrogens is 272 g/mol. The van der Waals surface area contributed by atoms with Crippen LogP contribution in [0.15, 0.2) is 30.5 Å². The van der Waals surface area contributed by atoms with Gasteiger partial charge in [0.25, 0.3) is 0 Å². The molecule has 2 N–H and O–H groups in total. The topological polar surface area (TPSA) is 91.5 Å². The van der Waals surface area contributed by atoms with Gasteiger partial charge in [-0.1, -0.05) is 0 Å². The third-order valence-corrected chi connectivity index (χ3v) is 3.73. The molecule has 0 radical (unpaired) electrons. The highest BCUT2D eigenvalue weighted by Gasteiger charge is 2.26. The van der Waals surface area contributed by atoms with E-state index in [1.54, 1.807) is 30.5 Å². The number of aliphatic hydroxyl groups is 1. The van der Waals surface area contributed by atoms with Crippen molar-refractivity contribution < 1.29 is 10.0 Å². The van der Waals surface area contributed by atoms with Gasteiger partial charge >= 0.3 is 5.69 Å². The van der Waals surface area contributed by atoms with E-state index in [1.165, 1.54) is 0 Å². The van der Waals surface area contributed by atoms with Crippen LogP contribution in [0, 0.1) is 10.1 Å². The van der Waals surface area contributed by atoms with Gasteiger partial charge in [0.2, 0.25) is 0 Å². The molecule has 1 aromatic heterocycles. The minimum atomic E-state index is -0.352. The zero-order valence-electron chi connectivity index (χ0n) is 11.4. The molecule has 0 aliphatic carbocycles. The molecule has 1 aliphatic heterocycles. The van der Waals surface area contributed by atoms with Crippen LogP contribution >= 0.6 is 0 Å². The lowest BCUT2D eigenvalue weighted by Gasteiger charge is -2.34. The van der Waals surface area contributed by atoms with Crippen LogP contribution in [-0.2, 0) is 0 Å². The SMILES string of the molecule is O=[N+]([O-])c1c(N2CCNC(CO)C2)ccc2ncccc12. The number of hydrogen-bond donors (Lipinski definition) is 2. The maximum absolute atomic E-state index is 11.5. The van der Waals surface area contributed by atoms with E-state index in [9.17, 15) is 15.2 Å². The standard InChI is InChI=1S/C14H16N4O3/c19-9-10-8-17(7-6-15-10)13-4-3-12-11(2-1-5-16-12)14(13)18(20)21/h1-5,10,15,19H,6-9H2. The average molecular weight is 288 g/mol. The predicted molar refractivity (Wildman–Crippen MR) is 79.5 cm³/mol. The van der Waals surface area contributed by atoms with Gasteiger partial charge in [-0.2, -0.15) is 0 Å². The van der Waals surface area contributed by atoms with Gasteiger partial charge in [-0.3, -0.25) is 15.1 Å². The number of aliphatic hydroxyl groups excluding tert-OH is 1. The quantitative estimate of drug-likeness (QED) is 0.644. The van der Waals surface area contributed by atoms with Crippen LogP contribution in [0.25, 0.3) is 10.9 Å². The smallest absolute Gasteiger partial charge is 0.301 e. The third-order valence-electron chi connectivity index (χ3n) is 3.73. The normalized spacial score (nSPS) is 18.9. The summed E-state index contributed by atoms with van der Waals surface area (Å²) in [5, 5.41) is 24.5. The molecule has 1 unspecified atom stereocenters. The van der Waals surface area contributed by atoms with E-state index in [0.717, 1.165) is 0 Å². The monoisotopic (exact) mass is 288 g/mol. The number of nitro groups is 1. The van der Waals surface area contributed by atoms with Gasteiger partial charge in [0, 0.05) is 31.9 Å². The molecule has 7 nitrogen and oxygen atoms in total. The fourth-order valence-corrected chi connectivity index (χ4v) is 2.74. The molecule has 0 saturated carbocycles. The maximum atomic E-state index is 11.5. The second-order valence-corrected chi connectivity index (χ2v) is 5.04. The lowest BCUT2D eigenvalue weighted by atomic mass is 10.1. The van der Waals surface area contributed by atoms with Crippen LogP contribution in [0.2, 0.25) is 0 Å². The Kier molecular flexibility index (Phi) is 3.68. The molecule has 1 aliphatic rings. The van der Waals surface area contributed by atoms with Gasteiger partial charge in [-0.15, -0.1) is 0 Å². The van der Waals surface area contributed by atoms with Crippen molar-refractivity contribution in [2.24, 2.45) is 0 Å². The summed E-state index contributed by atoms with van der Waals surface area (Å²) >= 11 is 0. The minimum absolute atomic E-state index is 0.0133. The molecule has 7 heteroatoms. The largest absolute Gasteiger partial charge is 0.395 e. The molecule has 1 aromatic carbocycles. The van der Waals surface area contributed by atoms with Gasteiger partial charge in [0.05, 0.1) is 22.4 Å². The van der Waals surface area contributed by atoms with Crippen molar-refractivity contribution in [1.29, 1.82) is 0 Å². The Bertz CT molecular complexity index is 676. The zero-order chi connectivity index (χ0) is 14.8. The molecule has 1 atom stereocenters. The summed E-state index contributed by atoms with van der Waals surface area (Å²) in [7, 11) is 0. The van der Waals surface area contributed by atoms with Crippen LogP contribution in [-0.4, -0.2) is 47.3 Å². The van der Waals surface area contributed by atoms with Gasteiger partial charge in [0.15, 0.2) is 0 Å². The fraction of sp³-hybridized carbons (Fsp3) is 0.357. The predicted octanol–water partition coefficient (Wildman–Crippen LogP) is 0.913. The summed E-state index contributed by atoms with van der Waals surface area (Å²) < 4.78 is 0. The van der Waals surface area contributed by atoms with Crippen LogP contribution < -0.4 is 10.2 Å². The Hall–Kier alpha value is -2.25. The number of nitro benzene ring substituents is 1. The minimum Gasteiger partial charge on any atom is -0.395 e. The number of benzene rings is 1. The number of aromatic nitrogens is 1. The summed E-state index contributed by atoms with van der Waals surface area (Å²) in [5.74, 6) is 0. The van der Waals surface area contributed by atoms with E-state index < -0.39 is 0 Å². The summed E-state index contributed by atoms with van der Waals surface area (Å²) in [4.78, 5) is 17.3. The summed E-state index contributed by atoms with van der Waals surface area (Å²) in [5.41, 5.74) is 1.28. The maximum Gasteiger partial charge on any atom is 0.301 e. The summed E-state index contributed by atoms with van der Waals surface area (Å²) in [6, 6.07) is 6.90. The van der Waals surface area contributed by atoms with Gasteiger partial charge in [-0.25, -0.2) is 0 Å². The number of anilines is 1. The van der Waals surface area contributed by atoms with E-state index >= 15 is 0 Å². The number of pyridine rings is 1. The van der Waals surface area contributed by atoms with E-state index in [2.05, 4.69) is 10.3 Å². The number of piperazine rings is 1. The molecule has 0 amide bonds. The Labute approximate surface area is 121 Å². The molecule has 1 saturated heterocycles. The van der Waals surface area contributed by atoms with Crippen LogP contribution in [0.3, 0.4) is 0 Å². The number of nitrogens with zero attached hydrogens (tertiary/aromatic N) is 3. The van der Waals surface area contributed by atoms with Crippen molar-refractivity contribution in [3.05, 3.63) is 40.6 Å². The molecule has 3 rings (SSSR count). The molecule has 21 heavy (non-hydrogen) atoms. The highest BCUT2D eigenvalue weighted by molar-refractivity contribution is 5.94. The zero-order valence-corrected chi connectivity index (χ0v) is 11.4. The van der Waals surface area contributed by atoms with Crippen LogP contribution in [0.1, 0.15) is 0 Å². The van der Waals surface area contributed by atoms with E-state index in [4.69, 9.17) is 0 Å². The first-order chi connectivity index (χ1) is 10.2. The molecular formula is C14H16N4O3. The summed E-state index contributed by atoms with van der Waals surface area (Å²) in [6.07, 6.45) is 1.62. The number of rotatable bonds is 3. The molecule has 110 valence electrons. The number of nitrogens with one attached hydrogen (secondary N) is 1. The molecule has 0 bridgehead atoms. The highest BCUT2D eigenvalue weighted by Crippen LogP contribution is 2.35. The second kappa shape index (κ2) is 5.63. The Morgan fingerprint density at radius 2 is 2.33 bits per heavy atom. The van der Waals surface area contributed by atoms with Crippen molar-refractivity contribution in [2.45, 2.75) is 6.04 Å². The fourth-order valence-electron chi connectivity index (χ4n) is 2.74. The van der Waals surface area contributed by atoms with Gasteiger partial charge < -0.3 is 15.3 Å². The molecule has 2 aromatic rings. The Morgan fingerprint density at radius 1 is 1.48 bits per heavy atom. The van der Waals surface area contributed by atoms with Crippen LogP contribution in [0.5, 0.6) is 0 Å². The van der Waals surface area contributed by atoms with E-state index in [-0.39, 0.29) is 23.3 Å². The van der Waals surface area contributed by atoms with Crippen LogP contribution in [0.4, 0.5) is 11.4 Å². The van der Waals surface area contributed by atoms with E-state index in [1.807, 2.05) is 4.90 Å². The summed E-state index contributed by atoms with van der Waals surface area (Å²) in [6.45, 7) is 1.92. The lowest BCUT2D eigenvalue weighted by Crippen LogP contribution is -2.52. The first-order valence-corrected chi connectivity index (χ1v) is 6.82. The Balaban J connectivity index is 2.09. The van der Waals surface area contributed by atoms with E-state index in [0.29, 0.717) is 36.2 Å².